The Morgan fingerprint density at radius 2 is 1.50 bits per heavy atom. The lowest BCUT2D eigenvalue weighted by Crippen LogP contribution is -2.29. The number of hydrogen-bond donors (Lipinski definition) is 3. The van der Waals surface area contributed by atoms with Gasteiger partial charge < -0.3 is 19.8 Å². The van der Waals surface area contributed by atoms with Crippen LogP contribution in [0.15, 0.2) is 48.5 Å². The van der Waals surface area contributed by atoms with E-state index in [2.05, 4.69) is 20.6 Å². The summed E-state index contributed by atoms with van der Waals surface area (Å²) in [4.78, 5) is 51.6. The van der Waals surface area contributed by atoms with Crippen molar-refractivity contribution in [1.29, 1.82) is 0 Å². The van der Waals surface area contributed by atoms with Crippen LogP contribution in [-0.2, 0) is 32.6 Å². The van der Waals surface area contributed by atoms with Gasteiger partial charge in [-0.05, 0) is 83.5 Å². The molecule has 1 aliphatic heterocycles. The van der Waals surface area contributed by atoms with Crippen LogP contribution in [0.4, 0.5) is 11.9 Å². The highest BCUT2D eigenvalue weighted by molar-refractivity contribution is 6.05. The van der Waals surface area contributed by atoms with E-state index < -0.39 is 5.91 Å². The smallest absolute Gasteiger partial charge is 0.276 e. The van der Waals surface area contributed by atoms with Gasteiger partial charge in [0.1, 0.15) is 11.4 Å². The van der Waals surface area contributed by atoms with Gasteiger partial charge in [-0.2, -0.15) is 10.2 Å². The molecule has 4 aromatic heterocycles. The third kappa shape index (κ3) is 6.78. The number of primary amides is 1. The summed E-state index contributed by atoms with van der Waals surface area (Å²) in [5.74, 6) is -0.249. The number of carbonyl (C=O) groups excluding carboxylic acids is 3. The largest absolute Gasteiger partial charge is 0.366 e. The SMILES string of the molecule is CCn1nc(C)c2c1C(=O)Nc1nc3cc(C(N)=O)ccc3n1CCN(C)CCn1c(nc3ccccc31)NC(=O)c1cc(C)nn1CCCCC2. The van der Waals surface area contributed by atoms with Crippen molar-refractivity contribution in [1.82, 2.24) is 43.6 Å². The first-order chi connectivity index (χ1) is 25.1. The van der Waals surface area contributed by atoms with Gasteiger partial charge in [0.15, 0.2) is 0 Å². The maximum absolute atomic E-state index is 14.1. The van der Waals surface area contributed by atoms with Crippen molar-refractivity contribution in [3.8, 4) is 0 Å². The predicted molar refractivity (Wildman–Crippen MR) is 199 cm³/mol. The lowest BCUT2D eigenvalue weighted by Gasteiger charge is -2.20. The average Bonchev–Trinajstić information content (AvgIpc) is 3.86. The molecule has 2 aromatic carbocycles. The molecule has 15 nitrogen and oxygen atoms in total. The number of para-hydroxylation sites is 2. The lowest BCUT2D eigenvalue weighted by atomic mass is 10.0. The van der Waals surface area contributed by atoms with E-state index in [-0.39, 0.29) is 11.8 Å². The molecule has 0 spiro atoms. The Morgan fingerprint density at radius 1 is 0.808 bits per heavy atom. The van der Waals surface area contributed by atoms with E-state index in [0.29, 0.717) is 80.1 Å². The zero-order valence-corrected chi connectivity index (χ0v) is 30.0. The van der Waals surface area contributed by atoms with E-state index in [1.165, 1.54) is 0 Å². The van der Waals surface area contributed by atoms with E-state index in [1.54, 1.807) is 21.5 Å². The minimum Gasteiger partial charge on any atom is -0.366 e. The number of fused-ring (bicyclic) bond motifs is 8. The van der Waals surface area contributed by atoms with E-state index in [4.69, 9.17) is 20.8 Å². The summed E-state index contributed by atoms with van der Waals surface area (Å²) < 4.78 is 7.51. The maximum Gasteiger partial charge on any atom is 0.276 e. The third-order valence-electron chi connectivity index (χ3n) is 9.75. The summed E-state index contributed by atoms with van der Waals surface area (Å²) >= 11 is 0. The molecule has 52 heavy (non-hydrogen) atoms. The number of nitrogens with zero attached hydrogens (tertiary/aromatic N) is 9. The molecule has 270 valence electrons. The number of carbonyl (C=O) groups is 3. The van der Waals surface area contributed by atoms with Crippen molar-refractivity contribution >= 4 is 51.7 Å². The van der Waals surface area contributed by atoms with Gasteiger partial charge in [-0.1, -0.05) is 18.6 Å². The molecular formula is C37H44N12O3. The monoisotopic (exact) mass is 704 g/mol. The number of nitrogens with two attached hydrogens (primary N) is 1. The quantitative estimate of drug-likeness (QED) is 0.238. The minimum absolute atomic E-state index is 0.259. The number of imidazole rings is 2. The average molecular weight is 705 g/mol. The number of amides is 3. The number of benzene rings is 2. The van der Waals surface area contributed by atoms with E-state index in [9.17, 15) is 14.4 Å². The highest BCUT2D eigenvalue weighted by Gasteiger charge is 2.24. The van der Waals surface area contributed by atoms with Crippen molar-refractivity contribution in [3.05, 3.63) is 82.4 Å². The van der Waals surface area contributed by atoms with E-state index >= 15 is 0 Å². The van der Waals surface area contributed by atoms with Gasteiger partial charge >= 0.3 is 0 Å². The number of likely N-dealkylation sites (N-methyl/N-ethyl adjacent to an activating group) is 1. The molecule has 0 fully saturated rings. The van der Waals surface area contributed by atoms with Crippen molar-refractivity contribution in [3.63, 3.8) is 0 Å². The van der Waals surface area contributed by atoms with Crippen LogP contribution in [0.1, 0.15) is 74.5 Å². The van der Waals surface area contributed by atoms with Gasteiger partial charge in [0.2, 0.25) is 17.8 Å². The molecule has 7 rings (SSSR count). The third-order valence-corrected chi connectivity index (χ3v) is 9.75. The van der Waals surface area contributed by atoms with E-state index in [1.807, 2.05) is 73.4 Å². The Kier molecular flexibility index (Phi) is 9.60. The molecule has 4 N–H and O–H groups in total. The number of aryl methyl sites for hydroxylation is 4. The van der Waals surface area contributed by atoms with Crippen LogP contribution in [0.25, 0.3) is 22.1 Å². The summed E-state index contributed by atoms with van der Waals surface area (Å²) in [5.41, 5.74) is 12.5. The number of nitrogens with one attached hydrogen (secondary N) is 2. The van der Waals surface area contributed by atoms with Crippen LogP contribution < -0.4 is 16.4 Å². The Balaban J connectivity index is 1.25. The van der Waals surface area contributed by atoms with Gasteiger partial charge in [-0.25, -0.2) is 9.97 Å². The molecule has 15 heteroatoms. The van der Waals surface area contributed by atoms with Gasteiger partial charge in [0.25, 0.3) is 11.8 Å². The van der Waals surface area contributed by atoms with Crippen molar-refractivity contribution in [2.45, 2.75) is 72.6 Å². The summed E-state index contributed by atoms with van der Waals surface area (Å²) in [5, 5.41) is 15.5. The van der Waals surface area contributed by atoms with Crippen LogP contribution in [-0.4, -0.2) is 81.4 Å². The Hall–Kier alpha value is -5.83. The summed E-state index contributed by atoms with van der Waals surface area (Å²) in [6, 6.07) is 14.8. The minimum atomic E-state index is -0.549. The molecule has 0 atom stereocenters. The second-order valence-electron chi connectivity index (χ2n) is 13.4. The normalized spacial score (nSPS) is 15.5. The molecule has 5 heterocycles. The van der Waals surface area contributed by atoms with Crippen LogP contribution >= 0.6 is 0 Å². The number of anilines is 2. The summed E-state index contributed by atoms with van der Waals surface area (Å²) in [7, 11) is 2.02. The second-order valence-corrected chi connectivity index (χ2v) is 13.4. The first kappa shape index (κ1) is 34.6. The molecule has 0 aliphatic carbocycles. The van der Waals surface area contributed by atoms with Crippen LogP contribution in [0.3, 0.4) is 0 Å². The first-order valence-electron chi connectivity index (χ1n) is 17.8. The van der Waals surface area contributed by atoms with Gasteiger partial charge in [-0.15, -0.1) is 0 Å². The number of aromatic nitrogens is 8. The fraction of sp³-hybridized carbons (Fsp3) is 0.378. The molecule has 6 aromatic rings. The second kappa shape index (κ2) is 14.4. The molecule has 1 aliphatic rings. The zero-order chi connectivity index (χ0) is 36.5. The molecular weight excluding hydrogens is 660 g/mol. The van der Waals surface area contributed by atoms with E-state index in [0.717, 1.165) is 52.8 Å². The number of hydrogen-bond acceptors (Lipinski definition) is 8. The Labute approximate surface area is 300 Å². The van der Waals surface area contributed by atoms with Crippen LogP contribution in [0, 0.1) is 13.8 Å². The van der Waals surface area contributed by atoms with Crippen molar-refractivity contribution in [2.75, 3.05) is 30.8 Å². The van der Waals surface area contributed by atoms with Crippen LogP contribution in [0.5, 0.6) is 0 Å². The summed E-state index contributed by atoms with van der Waals surface area (Å²) in [6.45, 7) is 9.20. The van der Waals surface area contributed by atoms with Gasteiger partial charge in [0.05, 0.1) is 33.5 Å². The predicted octanol–water partition coefficient (Wildman–Crippen LogP) is 4.38. The molecule has 0 saturated heterocycles. The molecule has 0 bridgehead atoms. The highest BCUT2D eigenvalue weighted by atomic mass is 16.2. The molecule has 0 unspecified atom stereocenters. The topological polar surface area (TPSA) is 176 Å². The zero-order valence-electron chi connectivity index (χ0n) is 30.0. The van der Waals surface area contributed by atoms with Gasteiger partial charge in [0, 0.05) is 50.4 Å². The first-order valence-corrected chi connectivity index (χ1v) is 17.8. The molecule has 0 saturated carbocycles. The van der Waals surface area contributed by atoms with Crippen molar-refractivity contribution in [2.24, 2.45) is 5.73 Å². The lowest BCUT2D eigenvalue weighted by molar-refractivity contribution is 0.0994. The van der Waals surface area contributed by atoms with Crippen molar-refractivity contribution < 1.29 is 14.4 Å². The Bertz CT molecular complexity index is 2310. The maximum atomic E-state index is 14.1. The number of rotatable bonds is 2. The highest BCUT2D eigenvalue weighted by Crippen LogP contribution is 2.25. The van der Waals surface area contributed by atoms with Crippen LogP contribution in [0.2, 0.25) is 0 Å². The molecule has 3 amide bonds. The molecule has 0 radical (unpaired) electrons. The summed E-state index contributed by atoms with van der Waals surface area (Å²) in [6.07, 6.45) is 3.15. The Morgan fingerprint density at radius 3 is 2.23 bits per heavy atom. The fourth-order valence-electron chi connectivity index (χ4n) is 7.02. The van der Waals surface area contributed by atoms with Gasteiger partial charge in [-0.3, -0.25) is 34.4 Å². The standard InChI is InChI=1S/C37H44N12O3/c1-5-48-32-26(24(3)44-48)11-7-6-10-16-49-31(21-23(2)43-49)34(51)41-36-39-27-12-8-9-13-29(27)46(36)19-17-45(4)18-20-47-30-15-14-25(33(38)50)22-28(30)40-37(47)42-35(32)52/h8-9,12-15,21-22H,5-7,10-11,16-20H2,1-4H3,(H2,38,50)(H,39,41,51)(H,40,42,52). The fourth-order valence-corrected chi connectivity index (χ4v) is 7.02.